The highest BCUT2D eigenvalue weighted by molar-refractivity contribution is 6.31. The molecule has 1 aliphatic carbocycles. The van der Waals surface area contributed by atoms with Crippen molar-refractivity contribution in [1.29, 1.82) is 0 Å². The van der Waals surface area contributed by atoms with Crippen LogP contribution in [0.3, 0.4) is 0 Å². The van der Waals surface area contributed by atoms with Crippen molar-refractivity contribution in [1.82, 2.24) is 20.1 Å². The minimum atomic E-state index is 0.728. The minimum absolute atomic E-state index is 0.728. The second-order valence-electron chi connectivity index (χ2n) is 6.08. The van der Waals surface area contributed by atoms with Crippen LogP contribution >= 0.6 is 11.6 Å². The maximum atomic E-state index is 6.22. The smallest absolute Gasteiger partial charge is 0.0688 e. The third-order valence-electron chi connectivity index (χ3n) is 4.56. The number of hydrogen-bond acceptors (Lipinski definition) is 3. The molecule has 1 N–H and O–H groups in total. The van der Waals surface area contributed by atoms with Gasteiger partial charge in [-0.2, -0.15) is 5.10 Å². The maximum Gasteiger partial charge on any atom is 0.0688 e. The Balaban J connectivity index is 1.48. The average Bonchev–Trinajstić information content (AvgIpc) is 3.28. The van der Waals surface area contributed by atoms with Gasteiger partial charge in [-0.15, -0.1) is 0 Å². The molecule has 1 saturated carbocycles. The molecule has 2 aromatic heterocycles. The number of hydrogen-bond donors (Lipinski definition) is 1. The molecule has 2 aliphatic rings. The molecular weight excluding hydrogens is 284 g/mol. The summed E-state index contributed by atoms with van der Waals surface area (Å²) in [6.07, 6.45) is 8.32. The first-order valence-corrected chi connectivity index (χ1v) is 8.06. The van der Waals surface area contributed by atoms with E-state index in [-0.39, 0.29) is 0 Å². The van der Waals surface area contributed by atoms with Crippen molar-refractivity contribution >= 4 is 11.6 Å². The van der Waals surface area contributed by atoms with Crippen LogP contribution in [-0.2, 0) is 19.4 Å². The van der Waals surface area contributed by atoms with Crippen LogP contribution in [0.25, 0.3) is 0 Å². The van der Waals surface area contributed by atoms with Crippen LogP contribution in [-0.4, -0.2) is 33.2 Å². The van der Waals surface area contributed by atoms with E-state index < -0.39 is 0 Å². The molecule has 0 aromatic carbocycles. The van der Waals surface area contributed by atoms with Gasteiger partial charge in [0.1, 0.15) is 0 Å². The molecule has 2 aromatic rings. The van der Waals surface area contributed by atoms with Crippen LogP contribution in [0.15, 0.2) is 18.5 Å². The van der Waals surface area contributed by atoms with Gasteiger partial charge in [-0.25, -0.2) is 0 Å². The second kappa shape index (κ2) is 5.43. The SMILES string of the molecule is Clc1cnccc1CN1CCc2[nH]nc(C3CC3)c2CC1. The zero-order valence-corrected chi connectivity index (χ0v) is 12.7. The Morgan fingerprint density at radius 1 is 1.29 bits per heavy atom. The minimum Gasteiger partial charge on any atom is -0.298 e. The number of nitrogens with one attached hydrogen (secondary N) is 1. The number of nitrogens with zero attached hydrogens (tertiary/aromatic N) is 3. The van der Waals surface area contributed by atoms with Crippen LogP contribution in [0.4, 0.5) is 0 Å². The lowest BCUT2D eigenvalue weighted by molar-refractivity contribution is 0.278. The number of fused-ring (bicyclic) bond motifs is 1. The number of aromatic amines is 1. The lowest BCUT2D eigenvalue weighted by Crippen LogP contribution is -2.26. The van der Waals surface area contributed by atoms with Gasteiger partial charge < -0.3 is 0 Å². The summed E-state index contributed by atoms with van der Waals surface area (Å²) in [5.41, 5.74) is 5.34. The van der Waals surface area contributed by atoms with Crippen LogP contribution in [0.2, 0.25) is 5.02 Å². The van der Waals surface area contributed by atoms with E-state index in [0.29, 0.717) is 0 Å². The van der Waals surface area contributed by atoms with E-state index in [1.807, 2.05) is 12.3 Å². The van der Waals surface area contributed by atoms with Crippen LogP contribution in [0.5, 0.6) is 0 Å². The molecule has 4 nitrogen and oxygen atoms in total. The Hall–Kier alpha value is -1.39. The molecule has 21 heavy (non-hydrogen) atoms. The van der Waals surface area contributed by atoms with Crippen molar-refractivity contribution in [2.75, 3.05) is 13.1 Å². The summed E-state index contributed by atoms with van der Waals surface area (Å²) in [4.78, 5) is 6.53. The number of pyridine rings is 1. The first kappa shape index (κ1) is 13.3. The summed E-state index contributed by atoms with van der Waals surface area (Å²) in [5.74, 6) is 0.728. The number of halogens is 1. The van der Waals surface area contributed by atoms with Gasteiger partial charge in [0, 0.05) is 50.1 Å². The highest BCUT2D eigenvalue weighted by Gasteiger charge is 2.31. The average molecular weight is 303 g/mol. The van der Waals surface area contributed by atoms with Gasteiger partial charge >= 0.3 is 0 Å². The molecule has 5 heteroatoms. The van der Waals surface area contributed by atoms with Gasteiger partial charge in [0.05, 0.1) is 10.7 Å². The summed E-state index contributed by atoms with van der Waals surface area (Å²) in [5, 5.41) is 8.59. The van der Waals surface area contributed by atoms with Gasteiger partial charge in [0.15, 0.2) is 0 Å². The fraction of sp³-hybridized carbons (Fsp3) is 0.500. The van der Waals surface area contributed by atoms with Crippen molar-refractivity contribution < 1.29 is 0 Å². The largest absolute Gasteiger partial charge is 0.298 e. The molecule has 0 atom stereocenters. The van der Waals surface area contributed by atoms with Gasteiger partial charge in [-0.05, 0) is 36.5 Å². The van der Waals surface area contributed by atoms with Crippen molar-refractivity contribution in [3.8, 4) is 0 Å². The summed E-state index contributed by atoms with van der Waals surface area (Å²) in [6, 6.07) is 2.02. The summed E-state index contributed by atoms with van der Waals surface area (Å²) >= 11 is 6.22. The third-order valence-corrected chi connectivity index (χ3v) is 4.90. The predicted molar refractivity (Wildman–Crippen MR) is 82.5 cm³/mol. The lowest BCUT2D eigenvalue weighted by atomic mass is 10.1. The second-order valence-corrected chi connectivity index (χ2v) is 6.49. The molecule has 4 rings (SSSR count). The molecule has 0 saturated heterocycles. The lowest BCUT2D eigenvalue weighted by Gasteiger charge is -2.20. The maximum absolute atomic E-state index is 6.22. The van der Waals surface area contributed by atoms with Gasteiger partial charge in [0.25, 0.3) is 0 Å². The monoisotopic (exact) mass is 302 g/mol. The molecule has 0 amide bonds. The highest BCUT2D eigenvalue weighted by Crippen LogP contribution is 2.41. The number of rotatable bonds is 3. The highest BCUT2D eigenvalue weighted by atomic mass is 35.5. The summed E-state index contributed by atoms with van der Waals surface area (Å²) < 4.78 is 0. The zero-order valence-electron chi connectivity index (χ0n) is 12.0. The summed E-state index contributed by atoms with van der Waals surface area (Å²) in [7, 11) is 0. The predicted octanol–water partition coefficient (Wildman–Crippen LogP) is 2.94. The Bertz CT molecular complexity index is 647. The van der Waals surface area contributed by atoms with E-state index >= 15 is 0 Å². The molecule has 0 radical (unpaired) electrons. The first-order valence-electron chi connectivity index (χ1n) is 7.68. The standard InChI is InChI=1S/C16H19ClN4/c17-14-9-18-6-3-12(14)10-21-7-4-13-15(5-8-21)19-20-16(13)11-1-2-11/h3,6,9,11H,1-2,4-5,7-8,10H2,(H,19,20). The molecule has 0 spiro atoms. The molecule has 1 fully saturated rings. The molecule has 0 bridgehead atoms. The Kier molecular flexibility index (Phi) is 3.43. The third kappa shape index (κ3) is 2.70. The van der Waals surface area contributed by atoms with Gasteiger partial charge in [-0.1, -0.05) is 11.6 Å². The van der Waals surface area contributed by atoms with Crippen LogP contribution in [0.1, 0.15) is 41.3 Å². The van der Waals surface area contributed by atoms with Crippen LogP contribution < -0.4 is 0 Å². The zero-order chi connectivity index (χ0) is 14.2. The summed E-state index contributed by atoms with van der Waals surface area (Å²) in [6.45, 7) is 3.03. The molecular formula is C16H19ClN4. The molecule has 0 unspecified atom stereocenters. The van der Waals surface area contributed by atoms with Crippen molar-refractivity contribution in [2.24, 2.45) is 0 Å². The van der Waals surface area contributed by atoms with Crippen molar-refractivity contribution in [3.05, 3.63) is 46.0 Å². The van der Waals surface area contributed by atoms with E-state index in [0.717, 1.165) is 49.0 Å². The van der Waals surface area contributed by atoms with E-state index in [2.05, 4.69) is 20.1 Å². The van der Waals surface area contributed by atoms with Gasteiger partial charge in [-0.3, -0.25) is 15.0 Å². The van der Waals surface area contributed by atoms with Gasteiger partial charge in [0.2, 0.25) is 0 Å². The van der Waals surface area contributed by atoms with Crippen molar-refractivity contribution in [2.45, 2.75) is 38.1 Å². The van der Waals surface area contributed by atoms with E-state index in [1.54, 1.807) is 6.20 Å². The Morgan fingerprint density at radius 2 is 2.14 bits per heavy atom. The number of H-pyrrole nitrogens is 1. The Morgan fingerprint density at radius 3 is 2.95 bits per heavy atom. The van der Waals surface area contributed by atoms with E-state index in [1.165, 1.54) is 29.8 Å². The Labute approximate surface area is 129 Å². The first-order chi connectivity index (χ1) is 10.3. The van der Waals surface area contributed by atoms with E-state index in [4.69, 9.17) is 11.6 Å². The quantitative estimate of drug-likeness (QED) is 0.948. The number of aromatic nitrogens is 3. The fourth-order valence-corrected chi connectivity index (χ4v) is 3.36. The molecule has 1 aliphatic heterocycles. The van der Waals surface area contributed by atoms with E-state index in [9.17, 15) is 0 Å². The van der Waals surface area contributed by atoms with Crippen molar-refractivity contribution in [3.63, 3.8) is 0 Å². The molecule has 110 valence electrons. The fourth-order valence-electron chi connectivity index (χ4n) is 3.18. The molecule has 3 heterocycles. The van der Waals surface area contributed by atoms with Crippen LogP contribution in [0, 0.1) is 0 Å². The topological polar surface area (TPSA) is 44.8 Å². The normalized spacial score (nSPS) is 19.3.